The molecular weight excluding hydrogens is 336 g/mol. The molecule has 0 radical (unpaired) electrons. The summed E-state index contributed by atoms with van der Waals surface area (Å²) in [6, 6.07) is 7.89. The van der Waals surface area contributed by atoms with E-state index in [0.717, 1.165) is 48.9 Å². The molecule has 0 bridgehead atoms. The molecule has 5 heteroatoms. The van der Waals surface area contributed by atoms with Gasteiger partial charge in [-0.1, -0.05) is 29.8 Å². The average molecular weight is 364 g/mol. The molecule has 2 aliphatic rings. The zero-order chi connectivity index (χ0) is 18.6. The highest BCUT2D eigenvalue weighted by Crippen LogP contribution is 2.26. The van der Waals surface area contributed by atoms with Crippen molar-refractivity contribution in [2.75, 3.05) is 18.0 Å². The maximum absolute atomic E-state index is 12.8. The molecule has 1 aromatic heterocycles. The molecule has 1 amide bonds. The van der Waals surface area contributed by atoms with Crippen molar-refractivity contribution >= 4 is 22.8 Å². The van der Waals surface area contributed by atoms with Crippen LogP contribution >= 0.6 is 0 Å². The van der Waals surface area contributed by atoms with Crippen molar-refractivity contribution in [2.45, 2.75) is 57.9 Å². The molecule has 0 spiro atoms. The van der Waals surface area contributed by atoms with Gasteiger partial charge < -0.3 is 10.2 Å². The van der Waals surface area contributed by atoms with E-state index in [9.17, 15) is 4.79 Å². The van der Waals surface area contributed by atoms with Gasteiger partial charge in [0.25, 0.3) is 0 Å². The van der Waals surface area contributed by atoms with Gasteiger partial charge in [0.2, 0.25) is 11.9 Å². The van der Waals surface area contributed by atoms with Gasteiger partial charge in [-0.3, -0.25) is 4.79 Å². The van der Waals surface area contributed by atoms with Crippen molar-refractivity contribution in [3.63, 3.8) is 0 Å². The summed E-state index contributed by atoms with van der Waals surface area (Å²) in [6.07, 6.45) is 10.2. The Balaban J connectivity index is 1.44. The molecule has 1 aliphatic carbocycles. The second kappa shape index (κ2) is 8.07. The van der Waals surface area contributed by atoms with E-state index in [4.69, 9.17) is 9.97 Å². The number of hydrogen-bond acceptors (Lipinski definition) is 4. The van der Waals surface area contributed by atoms with Gasteiger partial charge in [0.05, 0.1) is 11.2 Å². The molecule has 1 fully saturated rings. The van der Waals surface area contributed by atoms with E-state index >= 15 is 0 Å². The molecule has 2 heterocycles. The van der Waals surface area contributed by atoms with Gasteiger partial charge in [-0.15, -0.1) is 0 Å². The summed E-state index contributed by atoms with van der Waals surface area (Å²) in [7, 11) is 0. The molecule has 27 heavy (non-hydrogen) atoms. The maximum Gasteiger partial charge on any atom is 0.242 e. The SMILES string of the molecule is Cc1nc(N2CCC[C@H]2C(=O)NCCC2=CCCCC2)nc2ccccc12. The number of benzene rings is 1. The van der Waals surface area contributed by atoms with Gasteiger partial charge >= 0.3 is 0 Å². The van der Waals surface area contributed by atoms with Gasteiger partial charge in [-0.05, 0) is 57.9 Å². The van der Waals surface area contributed by atoms with Crippen molar-refractivity contribution < 1.29 is 4.79 Å². The Morgan fingerprint density at radius 1 is 1.22 bits per heavy atom. The van der Waals surface area contributed by atoms with Crippen LogP contribution in [0.15, 0.2) is 35.9 Å². The predicted molar refractivity (Wildman–Crippen MR) is 109 cm³/mol. The molecular formula is C22H28N4O. The fourth-order valence-corrected chi connectivity index (χ4v) is 4.22. The molecule has 1 saturated heterocycles. The summed E-state index contributed by atoms with van der Waals surface area (Å²) in [4.78, 5) is 24.3. The van der Waals surface area contributed by atoms with Crippen LogP contribution in [0.3, 0.4) is 0 Å². The van der Waals surface area contributed by atoms with E-state index in [-0.39, 0.29) is 11.9 Å². The second-order valence-corrected chi connectivity index (χ2v) is 7.63. The highest BCUT2D eigenvalue weighted by Gasteiger charge is 2.32. The van der Waals surface area contributed by atoms with Crippen LogP contribution in [0.25, 0.3) is 10.9 Å². The van der Waals surface area contributed by atoms with Crippen LogP contribution in [0.2, 0.25) is 0 Å². The van der Waals surface area contributed by atoms with Gasteiger partial charge in [-0.25, -0.2) is 9.97 Å². The number of aryl methyl sites for hydroxylation is 1. The number of carbonyl (C=O) groups excluding carboxylic acids is 1. The van der Waals surface area contributed by atoms with Crippen molar-refractivity contribution in [3.05, 3.63) is 41.6 Å². The fourth-order valence-electron chi connectivity index (χ4n) is 4.22. The number of nitrogens with one attached hydrogen (secondary N) is 1. The summed E-state index contributed by atoms with van der Waals surface area (Å²) in [6.45, 7) is 3.57. The molecule has 1 aromatic carbocycles. The third-order valence-electron chi connectivity index (χ3n) is 5.72. The van der Waals surface area contributed by atoms with Crippen LogP contribution in [0.1, 0.15) is 50.6 Å². The van der Waals surface area contributed by atoms with E-state index in [2.05, 4.69) is 16.3 Å². The van der Waals surface area contributed by atoms with Crippen LogP contribution in [0.4, 0.5) is 5.95 Å². The third kappa shape index (κ3) is 3.97. The summed E-state index contributed by atoms with van der Waals surface area (Å²) in [5, 5.41) is 4.22. The minimum atomic E-state index is -0.161. The molecule has 2 aromatic rings. The lowest BCUT2D eigenvalue weighted by Gasteiger charge is -2.24. The number of rotatable bonds is 5. The van der Waals surface area contributed by atoms with E-state index in [1.54, 1.807) is 0 Å². The number of nitrogens with zero attached hydrogens (tertiary/aromatic N) is 3. The van der Waals surface area contributed by atoms with Gasteiger partial charge in [-0.2, -0.15) is 0 Å². The predicted octanol–water partition coefficient (Wildman–Crippen LogP) is 3.91. The Morgan fingerprint density at radius 2 is 2.11 bits per heavy atom. The van der Waals surface area contributed by atoms with E-state index in [1.165, 1.54) is 31.3 Å². The monoisotopic (exact) mass is 364 g/mol. The maximum atomic E-state index is 12.8. The Bertz CT molecular complexity index is 861. The fraction of sp³-hybridized carbons (Fsp3) is 0.500. The average Bonchev–Trinajstić information content (AvgIpc) is 3.19. The molecule has 0 saturated carbocycles. The Morgan fingerprint density at radius 3 is 2.96 bits per heavy atom. The smallest absolute Gasteiger partial charge is 0.242 e. The van der Waals surface area contributed by atoms with Crippen molar-refractivity contribution in [2.24, 2.45) is 0 Å². The Labute approximate surface area is 160 Å². The number of amides is 1. The first kappa shape index (κ1) is 18.0. The first-order valence-corrected chi connectivity index (χ1v) is 10.2. The number of allylic oxidation sites excluding steroid dienone is 1. The molecule has 0 unspecified atom stereocenters. The number of fused-ring (bicyclic) bond motifs is 1. The quantitative estimate of drug-likeness (QED) is 0.817. The van der Waals surface area contributed by atoms with Gasteiger partial charge in [0.15, 0.2) is 0 Å². The van der Waals surface area contributed by atoms with Gasteiger partial charge in [0.1, 0.15) is 6.04 Å². The van der Waals surface area contributed by atoms with Crippen molar-refractivity contribution in [1.82, 2.24) is 15.3 Å². The largest absolute Gasteiger partial charge is 0.354 e. The Hall–Kier alpha value is -2.43. The van der Waals surface area contributed by atoms with Crippen LogP contribution in [-0.4, -0.2) is 35.0 Å². The van der Waals surface area contributed by atoms with E-state index in [0.29, 0.717) is 5.95 Å². The first-order valence-electron chi connectivity index (χ1n) is 10.2. The molecule has 4 rings (SSSR count). The normalized spacial score (nSPS) is 20.0. The highest BCUT2D eigenvalue weighted by molar-refractivity contribution is 5.86. The number of aromatic nitrogens is 2. The van der Waals surface area contributed by atoms with E-state index in [1.807, 2.05) is 31.2 Å². The zero-order valence-electron chi connectivity index (χ0n) is 16.1. The van der Waals surface area contributed by atoms with Crippen LogP contribution in [-0.2, 0) is 4.79 Å². The second-order valence-electron chi connectivity index (χ2n) is 7.63. The standard InChI is InChI=1S/C22H28N4O/c1-16-18-10-5-6-11-19(18)25-22(24-16)26-15-7-12-20(26)21(27)23-14-13-17-8-3-2-4-9-17/h5-6,8,10-11,20H,2-4,7,9,12-15H2,1H3,(H,23,27)/t20-/m0/s1. The molecule has 1 atom stereocenters. The molecule has 5 nitrogen and oxygen atoms in total. The number of anilines is 1. The number of carbonyl (C=O) groups is 1. The van der Waals surface area contributed by atoms with Crippen LogP contribution in [0, 0.1) is 6.92 Å². The molecule has 1 aliphatic heterocycles. The summed E-state index contributed by atoms with van der Waals surface area (Å²) < 4.78 is 0. The highest BCUT2D eigenvalue weighted by atomic mass is 16.2. The van der Waals surface area contributed by atoms with Gasteiger partial charge in [0, 0.05) is 18.5 Å². The molecule has 142 valence electrons. The van der Waals surface area contributed by atoms with Crippen molar-refractivity contribution in [3.8, 4) is 0 Å². The minimum absolute atomic E-state index is 0.110. The first-order chi connectivity index (χ1) is 13.2. The lowest BCUT2D eigenvalue weighted by molar-refractivity contribution is -0.122. The third-order valence-corrected chi connectivity index (χ3v) is 5.72. The summed E-state index contributed by atoms with van der Waals surface area (Å²) in [5.74, 6) is 0.789. The van der Waals surface area contributed by atoms with E-state index < -0.39 is 0 Å². The van der Waals surface area contributed by atoms with Crippen LogP contribution < -0.4 is 10.2 Å². The lowest BCUT2D eigenvalue weighted by Crippen LogP contribution is -2.44. The number of para-hydroxylation sites is 1. The van der Waals surface area contributed by atoms with Crippen LogP contribution in [0.5, 0.6) is 0 Å². The Kier molecular flexibility index (Phi) is 5.37. The number of hydrogen-bond donors (Lipinski definition) is 1. The minimum Gasteiger partial charge on any atom is -0.354 e. The topological polar surface area (TPSA) is 58.1 Å². The zero-order valence-corrected chi connectivity index (χ0v) is 16.1. The summed E-state index contributed by atoms with van der Waals surface area (Å²) >= 11 is 0. The lowest BCUT2D eigenvalue weighted by atomic mass is 9.97. The van der Waals surface area contributed by atoms with Crippen molar-refractivity contribution in [1.29, 1.82) is 0 Å². The summed E-state index contributed by atoms with van der Waals surface area (Å²) in [5.41, 5.74) is 3.40. The molecule has 1 N–H and O–H groups in total.